The monoisotopic (exact) mass is 316 g/mol. The molecule has 0 radical (unpaired) electrons. The lowest BCUT2D eigenvalue weighted by Crippen LogP contribution is -2.13. The van der Waals surface area contributed by atoms with Gasteiger partial charge >= 0.3 is 15.2 Å². The Morgan fingerprint density at radius 2 is 1.05 bits per heavy atom. The molecular weight excluding hydrogens is 290 g/mol. The Balaban J connectivity index is 5.07. The third-order valence-electron chi connectivity index (χ3n) is 1.74. The first-order valence-corrected chi connectivity index (χ1v) is 9.76. The molecule has 6 nitrogen and oxygen atoms in total. The second kappa shape index (κ2) is 7.92. The van der Waals surface area contributed by atoms with E-state index < -0.39 is 15.2 Å². The average Bonchev–Trinajstić information content (AvgIpc) is 2.11. The van der Waals surface area contributed by atoms with Crippen molar-refractivity contribution in [3.63, 3.8) is 0 Å². The van der Waals surface area contributed by atoms with Gasteiger partial charge in [-0.2, -0.15) is 0 Å². The van der Waals surface area contributed by atoms with Crippen molar-refractivity contribution in [3.05, 3.63) is 0 Å². The fourth-order valence-corrected chi connectivity index (χ4v) is 6.42. The van der Waals surface area contributed by atoms with Gasteiger partial charge in [0.1, 0.15) is 0 Å². The zero-order valence-corrected chi connectivity index (χ0v) is 14.6. The van der Waals surface area contributed by atoms with Crippen LogP contribution in [0.2, 0.25) is 0 Å². The smallest absolute Gasteiger partial charge is 0.311 e. The molecule has 116 valence electrons. The van der Waals surface area contributed by atoms with Crippen molar-refractivity contribution < 1.29 is 27.2 Å². The van der Waals surface area contributed by atoms with Gasteiger partial charge in [0.2, 0.25) is 0 Å². The summed E-state index contributed by atoms with van der Waals surface area (Å²) < 4.78 is 45.8. The molecule has 0 aliphatic rings. The van der Waals surface area contributed by atoms with Crippen molar-refractivity contribution in [2.24, 2.45) is 0 Å². The number of rotatable bonds is 9. The Hall–Kier alpha value is 0.300. The molecule has 0 saturated carbocycles. The maximum absolute atomic E-state index is 12.6. The molecule has 0 amide bonds. The van der Waals surface area contributed by atoms with Crippen LogP contribution in [0.25, 0.3) is 0 Å². The molecule has 0 aromatic rings. The predicted octanol–water partition coefficient (Wildman–Crippen LogP) is 4.25. The maximum Gasteiger partial charge on any atom is 0.343 e. The SMILES string of the molecule is COP(=O)(CP(=O)(OC(C)C)OC(C)C)OC(C)C. The Morgan fingerprint density at radius 1 is 0.737 bits per heavy atom. The highest BCUT2D eigenvalue weighted by molar-refractivity contribution is 7.71. The van der Waals surface area contributed by atoms with E-state index >= 15 is 0 Å². The van der Waals surface area contributed by atoms with Gasteiger partial charge < -0.3 is 18.1 Å². The molecule has 0 aliphatic carbocycles. The summed E-state index contributed by atoms with van der Waals surface area (Å²) in [7, 11) is -5.78. The van der Waals surface area contributed by atoms with Gasteiger partial charge in [-0.15, -0.1) is 0 Å². The molecule has 1 unspecified atom stereocenters. The summed E-state index contributed by atoms with van der Waals surface area (Å²) >= 11 is 0. The van der Waals surface area contributed by atoms with E-state index in [4.69, 9.17) is 18.1 Å². The van der Waals surface area contributed by atoms with Gasteiger partial charge in [0.25, 0.3) is 0 Å². The van der Waals surface area contributed by atoms with Crippen LogP contribution in [0.4, 0.5) is 0 Å². The summed E-state index contributed by atoms with van der Waals surface area (Å²) in [5, 5.41) is 0. The van der Waals surface area contributed by atoms with Crippen LogP contribution in [0.5, 0.6) is 0 Å². The third-order valence-corrected chi connectivity index (χ3v) is 7.29. The summed E-state index contributed by atoms with van der Waals surface area (Å²) in [6.45, 7) is 10.4. The largest absolute Gasteiger partial charge is 0.343 e. The van der Waals surface area contributed by atoms with Crippen LogP contribution < -0.4 is 0 Å². The molecule has 0 N–H and O–H groups in total. The standard InChI is InChI=1S/C11H26O6P2/c1-9(2)15-18(12,14-7)8-19(13,16-10(3)4)17-11(5)6/h9-11H,8H2,1-7H3. The molecule has 0 aromatic heterocycles. The van der Waals surface area contributed by atoms with Crippen molar-refractivity contribution in [2.45, 2.75) is 59.9 Å². The van der Waals surface area contributed by atoms with E-state index in [1.54, 1.807) is 41.5 Å². The van der Waals surface area contributed by atoms with Crippen LogP contribution in [0, 0.1) is 0 Å². The first-order chi connectivity index (χ1) is 8.52. The Bertz CT molecular complexity index is 339. The van der Waals surface area contributed by atoms with Gasteiger partial charge in [-0.05, 0) is 41.5 Å². The van der Waals surface area contributed by atoms with E-state index in [1.165, 1.54) is 7.11 Å². The third kappa shape index (κ3) is 8.23. The Morgan fingerprint density at radius 3 is 1.32 bits per heavy atom. The normalized spacial score (nSPS) is 16.3. The summed E-state index contributed by atoms with van der Waals surface area (Å²) in [5.41, 5.74) is 0. The van der Waals surface area contributed by atoms with E-state index in [0.717, 1.165) is 0 Å². The predicted molar refractivity (Wildman–Crippen MR) is 75.8 cm³/mol. The van der Waals surface area contributed by atoms with Crippen molar-refractivity contribution in [3.8, 4) is 0 Å². The van der Waals surface area contributed by atoms with Crippen LogP contribution in [0.15, 0.2) is 0 Å². The second-order valence-electron chi connectivity index (χ2n) is 5.01. The molecule has 0 spiro atoms. The summed E-state index contributed by atoms with van der Waals surface area (Å²) in [6, 6.07) is 0. The van der Waals surface area contributed by atoms with Gasteiger partial charge in [0.05, 0.1) is 18.3 Å². The molecule has 0 aromatic carbocycles. The molecule has 0 saturated heterocycles. The Labute approximate surface area is 116 Å². The molecule has 8 heteroatoms. The van der Waals surface area contributed by atoms with E-state index in [2.05, 4.69) is 0 Å². The lowest BCUT2D eigenvalue weighted by Gasteiger charge is -2.26. The van der Waals surface area contributed by atoms with Gasteiger partial charge in [-0.25, -0.2) is 0 Å². The molecule has 0 heterocycles. The van der Waals surface area contributed by atoms with E-state index in [0.29, 0.717) is 0 Å². The zero-order valence-electron chi connectivity index (χ0n) is 12.8. The number of hydrogen-bond acceptors (Lipinski definition) is 6. The molecule has 0 bridgehead atoms. The summed E-state index contributed by atoms with van der Waals surface area (Å²) in [4.78, 5) is 0. The first-order valence-electron chi connectivity index (χ1n) is 6.31. The Kier molecular flexibility index (Phi) is 8.04. The van der Waals surface area contributed by atoms with Gasteiger partial charge in [-0.3, -0.25) is 9.13 Å². The van der Waals surface area contributed by atoms with Gasteiger partial charge in [-0.1, -0.05) is 0 Å². The van der Waals surface area contributed by atoms with Crippen LogP contribution in [0.1, 0.15) is 41.5 Å². The highest BCUT2D eigenvalue weighted by Gasteiger charge is 2.40. The summed E-state index contributed by atoms with van der Waals surface area (Å²) in [6.07, 6.45) is -0.930. The quantitative estimate of drug-likeness (QED) is 0.592. The minimum Gasteiger partial charge on any atom is -0.311 e. The minimum atomic E-state index is -3.54. The first kappa shape index (κ1) is 19.3. The van der Waals surface area contributed by atoms with Crippen molar-refractivity contribution in [1.82, 2.24) is 0 Å². The molecule has 0 fully saturated rings. The highest BCUT2D eigenvalue weighted by atomic mass is 31.2. The minimum absolute atomic E-state index is 0.308. The van der Waals surface area contributed by atoms with Crippen LogP contribution in [-0.2, 0) is 27.2 Å². The molecule has 19 heavy (non-hydrogen) atoms. The van der Waals surface area contributed by atoms with E-state index in [1.807, 2.05) is 0 Å². The van der Waals surface area contributed by atoms with Crippen molar-refractivity contribution >= 4 is 15.2 Å². The number of hydrogen-bond donors (Lipinski definition) is 0. The van der Waals surface area contributed by atoms with Crippen LogP contribution in [-0.4, -0.2) is 31.3 Å². The maximum atomic E-state index is 12.6. The van der Waals surface area contributed by atoms with E-state index in [9.17, 15) is 9.13 Å². The average molecular weight is 316 g/mol. The molecule has 0 aliphatic heterocycles. The summed E-state index contributed by atoms with van der Waals surface area (Å²) in [5.74, 6) is -0.384. The lowest BCUT2D eigenvalue weighted by molar-refractivity contribution is 0.141. The van der Waals surface area contributed by atoms with Crippen LogP contribution >= 0.6 is 15.2 Å². The molecule has 0 rings (SSSR count). The van der Waals surface area contributed by atoms with Gasteiger partial charge in [0, 0.05) is 7.11 Å². The van der Waals surface area contributed by atoms with E-state index in [-0.39, 0.29) is 24.2 Å². The van der Waals surface area contributed by atoms with Crippen LogP contribution in [0.3, 0.4) is 0 Å². The fraction of sp³-hybridized carbons (Fsp3) is 1.00. The molecular formula is C11H26O6P2. The lowest BCUT2D eigenvalue weighted by atomic mass is 10.5. The fourth-order valence-electron chi connectivity index (χ4n) is 1.40. The van der Waals surface area contributed by atoms with Crippen molar-refractivity contribution in [2.75, 3.05) is 13.0 Å². The van der Waals surface area contributed by atoms with Gasteiger partial charge in [0.15, 0.2) is 5.90 Å². The zero-order chi connectivity index (χ0) is 15.3. The van der Waals surface area contributed by atoms with Crippen molar-refractivity contribution in [1.29, 1.82) is 0 Å². The topological polar surface area (TPSA) is 71.1 Å². The molecule has 1 atom stereocenters. The second-order valence-corrected chi connectivity index (χ2v) is 9.58. The highest BCUT2D eigenvalue weighted by Crippen LogP contribution is 2.64.